The van der Waals surface area contributed by atoms with Crippen LogP contribution in [0, 0.1) is 0 Å². The van der Waals surface area contributed by atoms with E-state index >= 15 is 0 Å². The van der Waals surface area contributed by atoms with Crippen molar-refractivity contribution in [1.82, 2.24) is 9.88 Å². The summed E-state index contributed by atoms with van der Waals surface area (Å²) in [4.78, 5) is 18.0. The molecule has 128 valence electrons. The Labute approximate surface area is 141 Å². The second-order valence-electron chi connectivity index (χ2n) is 6.70. The van der Waals surface area contributed by atoms with E-state index in [-0.39, 0.29) is 11.3 Å². The zero-order chi connectivity index (χ0) is 19.5. The molecule has 1 fully saturated rings. The lowest BCUT2D eigenvalue weighted by atomic mass is 9.93. The highest BCUT2D eigenvalue weighted by Gasteiger charge is 2.36. The number of piperidine rings is 1. The maximum absolute atomic E-state index is 12.5. The largest absolute Gasteiger partial charge is 0.496 e. The SMILES string of the molecule is [2H]C([2H])([2H])Oc1ccncc1C(O)[C@H]1CCCCN1C(=O)OC(C)(C)C. The predicted octanol–water partition coefficient (Wildman–Crippen LogP) is 2.91. The minimum atomic E-state index is -2.65. The Bertz CT molecular complexity index is 631. The zero-order valence-corrected chi connectivity index (χ0v) is 13.8. The second-order valence-corrected chi connectivity index (χ2v) is 6.70. The van der Waals surface area contributed by atoms with Crippen LogP contribution in [0.5, 0.6) is 5.75 Å². The van der Waals surface area contributed by atoms with Crippen molar-refractivity contribution in [2.75, 3.05) is 13.6 Å². The standard InChI is InChI=1S/C17H26N2O4/c1-17(2,3)23-16(21)19-10-6-5-7-13(19)15(20)12-11-18-9-8-14(12)22-4/h8-9,11,13,15,20H,5-7,10H2,1-4H3/t13-,15?/m1/s1/i4D3. The highest BCUT2D eigenvalue weighted by atomic mass is 16.6. The van der Waals surface area contributed by atoms with Gasteiger partial charge in [-0.2, -0.15) is 0 Å². The summed E-state index contributed by atoms with van der Waals surface area (Å²) in [5, 5.41) is 10.9. The van der Waals surface area contributed by atoms with Crippen molar-refractivity contribution in [3.8, 4) is 5.75 Å². The number of aliphatic hydroxyl groups is 1. The van der Waals surface area contributed by atoms with E-state index in [0.717, 1.165) is 12.8 Å². The molecule has 1 aliphatic rings. The van der Waals surface area contributed by atoms with Gasteiger partial charge in [-0.1, -0.05) is 0 Å². The summed E-state index contributed by atoms with van der Waals surface area (Å²) < 4.78 is 32.3. The first kappa shape index (κ1) is 13.6. The first-order valence-corrected chi connectivity index (χ1v) is 7.78. The van der Waals surface area contributed by atoms with Crippen molar-refractivity contribution in [1.29, 1.82) is 0 Å². The third-order valence-electron chi connectivity index (χ3n) is 3.78. The molecule has 2 atom stereocenters. The van der Waals surface area contributed by atoms with Gasteiger partial charge in [0.2, 0.25) is 0 Å². The molecular weight excluding hydrogens is 296 g/mol. The maximum atomic E-state index is 12.5. The van der Waals surface area contributed by atoms with E-state index in [1.807, 2.05) is 0 Å². The van der Waals surface area contributed by atoms with E-state index in [1.54, 1.807) is 20.8 Å². The van der Waals surface area contributed by atoms with Crippen molar-refractivity contribution in [2.24, 2.45) is 0 Å². The molecule has 1 aromatic heterocycles. The Kier molecular flexibility index (Phi) is 4.24. The van der Waals surface area contributed by atoms with Gasteiger partial charge in [0.1, 0.15) is 17.5 Å². The first-order valence-electron chi connectivity index (χ1n) is 9.28. The van der Waals surface area contributed by atoms with Gasteiger partial charge in [-0.3, -0.25) is 4.98 Å². The number of aromatic nitrogens is 1. The summed E-state index contributed by atoms with van der Waals surface area (Å²) in [6, 6.07) is 0.854. The number of amides is 1. The average Bonchev–Trinajstić information content (AvgIpc) is 2.51. The molecule has 2 heterocycles. The van der Waals surface area contributed by atoms with Crippen LogP contribution in [0.2, 0.25) is 0 Å². The third-order valence-corrected chi connectivity index (χ3v) is 3.78. The molecule has 23 heavy (non-hydrogen) atoms. The number of carbonyl (C=O) groups excluding carboxylic acids is 1. The van der Waals surface area contributed by atoms with Gasteiger partial charge in [0, 0.05) is 24.5 Å². The molecule has 1 saturated heterocycles. The van der Waals surface area contributed by atoms with E-state index in [2.05, 4.69) is 4.98 Å². The molecule has 0 aromatic carbocycles. The average molecular weight is 325 g/mol. The van der Waals surface area contributed by atoms with Crippen LogP contribution in [0.1, 0.15) is 55.8 Å². The molecule has 1 amide bonds. The number of nitrogens with zero attached hydrogens (tertiary/aromatic N) is 2. The molecule has 0 radical (unpaired) electrons. The molecule has 1 unspecified atom stereocenters. The quantitative estimate of drug-likeness (QED) is 0.925. The molecule has 2 rings (SSSR count). The number of ether oxygens (including phenoxy) is 2. The fraction of sp³-hybridized carbons (Fsp3) is 0.647. The number of hydrogen-bond acceptors (Lipinski definition) is 5. The number of rotatable bonds is 3. The third kappa shape index (κ3) is 4.34. The minimum absolute atomic E-state index is 0.0298. The fourth-order valence-electron chi connectivity index (χ4n) is 2.75. The number of pyridine rings is 1. The van der Waals surface area contributed by atoms with Crippen LogP contribution >= 0.6 is 0 Å². The van der Waals surface area contributed by atoms with Crippen LogP contribution in [0.4, 0.5) is 4.79 Å². The number of hydrogen-bond donors (Lipinski definition) is 1. The number of likely N-dealkylation sites (tertiary alicyclic amines) is 1. The topological polar surface area (TPSA) is 71.9 Å². The Hall–Kier alpha value is -1.82. The van der Waals surface area contributed by atoms with Gasteiger partial charge < -0.3 is 19.5 Å². The van der Waals surface area contributed by atoms with Crippen LogP contribution < -0.4 is 4.74 Å². The van der Waals surface area contributed by atoms with Gasteiger partial charge >= 0.3 is 6.09 Å². The number of carbonyl (C=O) groups is 1. The van der Waals surface area contributed by atoms with Crippen LogP contribution in [-0.2, 0) is 4.74 Å². The highest BCUT2D eigenvalue weighted by Crippen LogP contribution is 2.33. The Morgan fingerprint density at radius 2 is 2.30 bits per heavy atom. The molecule has 0 aliphatic carbocycles. The summed E-state index contributed by atoms with van der Waals surface area (Å²) in [6.45, 7) is 5.81. The number of aliphatic hydroxyl groups excluding tert-OH is 1. The maximum Gasteiger partial charge on any atom is 0.410 e. The second kappa shape index (κ2) is 7.17. The molecule has 6 nitrogen and oxygen atoms in total. The van der Waals surface area contributed by atoms with E-state index < -0.39 is 30.9 Å². The van der Waals surface area contributed by atoms with Gasteiger partial charge in [0.15, 0.2) is 0 Å². The van der Waals surface area contributed by atoms with Crippen LogP contribution in [0.15, 0.2) is 18.5 Å². The first-order chi connectivity index (χ1) is 12.0. The summed E-state index contributed by atoms with van der Waals surface area (Å²) in [6.07, 6.45) is 3.36. The van der Waals surface area contributed by atoms with E-state index in [1.165, 1.54) is 23.4 Å². The lowest BCUT2D eigenvalue weighted by Gasteiger charge is -2.39. The van der Waals surface area contributed by atoms with Crippen molar-refractivity contribution >= 4 is 6.09 Å². The van der Waals surface area contributed by atoms with Gasteiger partial charge in [0.25, 0.3) is 0 Å². The van der Waals surface area contributed by atoms with Crippen LogP contribution in [-0.4, -0.2) is 46.3 Å². The molecule has 1 aliphatic heterocycles. The normalized spacial score (nSPS) is 22.5. The predicted molar refractivity (Wildman–Crippen MR) is 86.3 cm³/mol. The summed E-state index contributed by atoms with van der Waals surface area (Å²) in [5.74, 6) is 0.0298. The Morgan fingerprint density at radius 1 is 1.52 bits per heavy atom. The lowest BCUT2D eigenvalue weighted by molar-refractivity contribution is -0.0174. The zero-order valence-electron chi connectivity index (χ0n) is 16.8. The van der Waals surface area contributed by atoms with Gasteiger partial charge in [-0.25, -0.2) is 4.79 Å². The van der Waals surface area contributed by atoms with Gasteiger partial charge in [0.05, 0.1) is 17.2 Å². The molecule has 0 bridgehead atoms. The van der Waals surface area contributed by atoms with Crippen molar-refractivity contribution in [2.45, 2.75) is 57.8 Å². The molecule has 6 heteroatoms. The molecule has 1 N–H and O–H groups in total. The monoisotopic (exact) mass is 325 g/mol. The summed E-state index contributed by atoms with van der Waals surface area (Å²) >= 11 is 0. The van der Waals surface area contributed by atoms with E-state index in [4.69, 9.17) is 13.6 Å². The smallest absolute Gasteiger partial charge is 0.410 e. The lowest BCUT2D eigenvalue weighted by Crippen LogP contribution is -2.48. The van der Waals surface area contributed by atoms with Gasteiger partial charge in [-0.15, -0.1) is 0 Å². The molecule has 1 aromatic rings. The Balaban J connectivity index is 2.26. The fourth-order valence-corrected chi connectivity index (χ4v) is 2.75. The summed E-state index contributed by atoms with van der Waals surface area (Å²) in [5.41, 5.74) is -0.405. The van der Waals surface area contributed by atoms with Crippen LogP contribution in [0.3, 0.4) is 0 Å². The molecule has 0 spiro atoms. The number of methoxy groups -OCH3 is 1. The molecular formula is C17H26N2O4. The van der Waals surface area contributed by atoms with Crippen molar-refractivity contribution < 1.29 is 23.5 Å². The highest BCUT2D eigenvalue weighted by molar-refractivity contribution is 5.69. The van der Waals surface area contributed by atoms with Crippen molar-refractivity contribution in [3.63, 3.8) is 0 Å². The Morgan fingerprint density at radius 3 is 3.00 bits per heavy atom. The van der Waals surface area contributed by atoms with E-state index in [9.17, 15) is 9.90 Å². The van der Waals surface area contributed by atoms with Crippen LogP contribution in [0.25, 0.3) is 0 Å². The minimum Gasteiger partial charge on any atom is -0.496 e. The van der Waals surface area contributed by atoms with Crippen molar-refractivity contribution in [3.05, 3.63) is 24.0 Å². The summed E-state index contributed by atoms with van der Waals surface area (Å²) in [7, 11) is -2.65. The molecule has 0 saturated carbocycles. The van der Waals surface area contributed by atoms with Gasteiger partial charge in [-0.05, 0) is 46.1 Å². The van der Waals surface area contributed by atoms with E-state index in [0.29, 0.717) is 13.0 Å².